The zero-order valence-corrected chi connectivity index (χ0v) is 9.42. The number of aliphatic hydroxyl groups is 1. The second-order valence-electron chi connectivity index (χ2n) is 3.42. The van der Waals surface area contributed by atoms with Crippen LogP contribution in [0, 0.1) is 0 Å². The summed E-state index contributed by atoms with van der Waals surface area (Å²) in [7, 11) is 0. The number of aryl methyl sites for hydroxylation is 1. The fraction of sp³-hybridized carbons (Fsp3) is 0.273. The lowest BCUT2D eigenvalue weighted by molar-refractivity contribution is 0.287. The van der Waals surface area contributed by atoms with Crippen molar-refractivity contribution in [2.24, 2.45) is 4.99 Å². The zero-order chi connectivity index (χ0) is 11.4. The van der Waals surface area contributed by atoms with E-state index >= 15 is 0 Å². The Hall–Kier alpha value is -1.55. The molecule has 1 heterocycles. The lowest BCUT2D eigenvalue weighted by atomic mass is 10.3. The number of aliphatic hydroxyl groups excluding tert-OH is 1. The largest absolute Gasteiger partial charge is 0.396 e. The van der Waals surface area contributed by atoms with E-state index in [2.05, 4.69) is 32.3 Å². The van der Waals surface area contributed by atoms with E-state index in [1.165, 1.54) is 0 Å². The van der Waals surface area contributed by atoms with Crippen LogP contribution in [0.25, 0.3) is 11.0 Å². The van der Waals surface area contributed by atoms with Crippen LogP contribution in [0.4, 0.5) is 5.69 Å². The monoisotopic (exact) mass is 233 g/mol. The molecule has 2 N–H and O–H groups in total. The second-order valence-corrected chi connectivity index (χ2v) is 3.60. The number of isothiocyanates is 1. The van der Waals surface area contributed by atoms with Crippen molar-refractivity contribution < 1.29 is 5.11 Å². The molecule has 5 heteroatoms. The number of benzene rings is 1. The molecule has 0 amide bonds. The summed E-state index contributed by atoms with van der Waals surface area (Å²) in [5, 5.41) is 11.1. The Morgan fingerprint density at radius 1 is 1.50 bits per heavy atom. The van der Waals surface area contributed by atoms with Crippen LogP contribution in [0.15, 0.2) is 23.2 Å². The van der Waals surface area contributed by atoms with Gasteiger partial charge in [0.15, 0.2) is 0 Å². The first-order valence-corrected chi connectivity index (χ1v) is 5.41. The Labute approximate surface area is 98.0 Å². The smallest absolute Gasteiger partial charge is 0.107 e. The molecule has 82 valence electrons. The van der Waals surface area contributed by atoms with Crippen molar-refractivity contribution in [1.82, 2.24) is 9.97 Å². The summed E-state index contributed by atoms with van der Waals surface area (Å²) in [6, 6.07) is 5.61. The number of rotatable bonds is 4. The summed E-state index contributed by atoms with van der Waals surface area (Å²) < 4.78 is 0. The summed E-state index contributed by atoms with van der Waals surface area (Å²) in [4.78, 5) is 11.5. The van der Waals surface area contributed by atoms with Crippen LogP contribution >= 0.6 is 12.2 Å². The first-order chi connectivity index (χ1) is 7.83. The van der Waals surface area contributed by atoms with Crippen molar-refractivity contribution >= 4 is 34.1 Å². The molecule has 0 aliphatic carbocycles. The Kier molecular flexibility index (Phi) is 3.41. The first kappa shape index (κ1) is 11.0. The standard InChI is InChI=1S/C11H11N3OS/c15-5-1-2-11-13-9-4-3-8(12-7-16)6-10(9)14-11/h3-4,6,15H,1-2,5H2,(H,13,14). The highest BCUT2D eigenvalue weighted by atomic mass is 32.1. The van der Waals surface area contributed by atoms with E-state index in [9.17, 15) is 0 Å². The molecular formula is C11H11N3OS. The molecule has 0 spiro atoms. The van der Waals surface area contributed by atoms with Gasteiger partial charge in [-0.3, -0.25) is 0 Å². The van der Waals surface area contributed by atoms with Crippen LogP contribution in [0.3, 0.4) is 0 Å². The quantitative estimate of drug-likeness (QED) is 0.628. The fourth-order valence-electron chi connectivity index (χ4n) is 1.54. The lowest BCUT2D eigenvalue weighted by Crippen LogP contribution is -1.90. The number of aromatic amines is 1. The normalized spacial score (nSPS) is 10.3. The summed E-state index contributed by atoms with van der Waals surface area (Å²) in [5.74, 6) is 0.882. The average Bonchev–Trinajstić information content (AvgIpc) is 2.68. The van der Waals surface area contributed by atoms with Gasteiger partial charge >= 0.3 is 0 Å². The number of nitrogens with one attached hydrogen (secondary N) is 1. The van der Waals surface area contributed by atoms with Crippen molar-refractivity contribution in [3.05, 3.63) is 24.0 Å². The maximum atomic E-state index is 8.74. The number of aliphatic imine (C=N–C) groups is 1. The molecule has 1 aromatic heterocycles. The molecule has 0 fully saturated rings. The third kappa shape index (κ3) is 2.33. The van der Waals surface area contributed by atoms with E-state index in [1.807, 2.05) is 18.2 Å². The van der Waals surface area contributed by atoms with E-state index in [4.69, 9.17) is 5.11 Å². The Morgan fingerprint density at radius 3 is 3.12 bits per heavy atom. The van der Waals surface area contributed by atoms with Gasteiger partial charge in [-0.1, -0.05) is 0 Å². The maximum Gasteiger partial charge on any atom is 0.107 e. The van der Waals surface area contributed by atoms with Crippen LogP contribution in [0.2, 0.25) is 0 Å². The van der Waals surface area contributed by atoms with Gasteiger partial charge in [-0.2, -0.15) is 4.99 Å². The van der Waals surface area contributed by atoms with Crippen molar-refractivity contribution in [3.8, 4) is 0 Å². The number of thiocarbonyl (C=S) groups is 1. The highest BCUT2D eigenvalue weighted by Crippen LogP contribution is 2.19. The zero-order valence-electron chi connectivity index (χ0n) is 8.60. The Balaban J connectivity index is 2.34. The second kappa shape index (κ2) is 4.99. The molecule has 0 unspecified atom stereocenters. The van der Waals surface area contributed by atoms with Crippen molar-refractivity contribution in [2.75, 3.05) is 6.61 Å². The van der Waals surface area contributed by atoms with Crippen LogP contribution in [-0.4, -0.2) is 26.8 Å². The number of aromatic nitrogens is 2. The number of fused-ring (bicyclic) bond motifs is 1. The highest BCUT2D eigenvalue weighted by Gasteiger charge is 2.02. The summed E-state index contributed by atoms with van der Waals surface area (Å²) in [6.07, 6.45) is 1.46. The summed E-state index contributed by atoms with van der Waals surface area (Å²) >= 11 is 4.55. The minimum absolute atomic E-state index is 0.178. The molecule has 0 aliphatic rings. The van der Waals surface area contributed by atoms with Gasteiger partial charge in [0.05, 0.1) is 21.9 Å². The maximum absolute atomic E-state index is 8.74. The number of imidazole rings is 1. The third-order valence-electron chi connectivity index (χ3n) is 2.26. The van der Waals surface area contributed by atoms with Gasteiger partial charge in [-0.05, 0) is 36.8 Å². The number of H-pyrrole nitrogens is 1. The fourth-order valence-corrected chi connectivity index (χ4v) is 1.64. The molecule has 16 heavy (non-hydrogen) atoms. The molecule has 0 atom stereocenters. The predicted molar refractivity (Wildman–Crippen MR) is 66.2 cm³/mol. The van der Waals surface area contributed by atoms with E-state index in [1.54, 1.807) is 0 Å². The van der Waals surface area contributed by atoms with Crippen LogP contribution in [-0.2, 0) is 6.42 Å². The SMILES string of the molecule is OCCCc1nc2ccc(N=C=S)cc2[nH]1. The van der Waals surface area contributed by atoms with Gasteiger partial charge in [0.2, 0.25) is 0 Å². The van der Waals surface area contributed by atoms with Gasteiger partial charge < -0.3 is 10.1 Å². The minimum Gasteiger partial charge on any atom is -0.396 e. The molecule has 2 rings (SSSR count). The third-order valence-corrected chi connectivity index (χ3v) is 2.35. The molecule has 0 aliphatic heterocycles. The van der Waals surface area contributed by atoms with E-state index in [0.29, 0.717) is 6.42 Å². The van der Waals surface area contributed by atoms with Gasteiger partial charge in [0.25, 0.3) is 0 Å². The molecule has 0 bridgehead atoms. The summed E-state index contributed by atoms with van der Waals surface area (Å²) in [6.45, 7) is 0.178. The summed E-state index contributed by atoms with van der Waals surface area (Å²) in [5.41, 5.74) is 2.59. The molecule has 2 aromatic rings. The van der Waals surface area contributed by atoms with Crippen LogP contribution in [0.5, 0.6) is 0 Å². The van der Waals surface area contributed by atoms with E-state index in [-0.39, 0.29) is 6.61 Å². The predicted octanol–water partition coefficient (Wildman–Crippen LogP) is 2.22. The van der Waals surface area contributed by atoms with Crippen LogP contribution in [0.1, 0.15) is 12.2 Å². The van der Waals surface area contributed by atoms with Crippen molar-refractivity contribution in [3.63, 3.8) is 0 Å². The number of hydrogen-bond acceptors (Lipinski definition) is 4. The minimum atomic E-state index is 0.178. The molecule has 0 saturated heterocycles. The van der Waals surface area contributed by atoms with E-state index in [0.717, 1.165) is 29.0 Å². The highest BCUT2D eigenvalue weighted by molar-refractivity contribution is 7.78. The number of hydrogen-bond donors (Lipinski definition) is 2. The van der Waals surface area contributed by atoms with Gasteiger partial charge in [0.1, 0.15) is 5.82 Å². The Bertz CT molecular complexity index is 543. The van der Waals surface area contributed by atoms with Crippen LogP contribution < -0.4 is 0 Å². The molecule has 0 saturated carbocycles. The molecule has 4 nitrogen and oxygen atoms in total. The molecule has 0 radical (unpaired) electrons. The Morgan fingerprint density at radius 2 is 2.38 bits per heavy atom. The number of nitrogens with zero attached hydrogens (tertiary/aromatic N) is 2. The lowest BCUT2D eigenvalue weighted by Gasteiger charge is -1.91. The van der Waals surface area contributed by atoms with E-state index < -0.39 is 0 Å². The molecular weight excluding hydrogens is 222 g/mol. The average molecular weight is 233 g/mol. The first-order valence-electron chi connectivity index (χ1n) is 5.01. The van der Waals surface area contributed by atoms with Gasteiger partial charge in [-0.25, -0.2) is 4.98 Å². The van der Waals surface area contributed by atoms with Crippen molar-refractivity contribution in [2.45, 2.75) is 12.8 Å². The van der Waals surface area contributed by atoms with Gasteiger partial charge in [0, 0.05) is 13.0 Å². The van der Waals surface area contributed by atoms with Crippen molar-refractivity contribution in [1.29, 1.82) is 0 Å². The van der Waals surface area contributed by atoms with Gasteiger partial charge in [-0.15, -0.1) is 0 Å². The molecule has 1 aromatic carbocycles. The topological polar surface area (TPSA) is 61.3 Å².